The van der Waals surface area contributed by atoms with Crippen molar-refractivity contribution in [1.29, 1.82) is 0 Å². The molecular formula is C20H24N6O. The number of nitrogens with zero attached hydrogens (tertiary/aromatic N) is 3. The summed E-state index contributed by atoms with van der Waals surface area (Å²) >= 11 is 0. The number of H-pyrrole nitrogens is 1. The second-order valence-electron chi connectivity index (χ2n) is 6.36. The van der Waals surface area contributed by atoms with E-state index >= 15 is 0 Å². The number of anilines is 1. The standard InChI is InChI=1S/C20H24N6O/c1-4-16(17-11-13(3)9-10-21-17)23-20(27)22-15-8-6-7-14(12-15)19-24-18(5-2)25-26-19/h6-12,16H,4-5H2,1-3H3,(H2,22,23,27)(H,24,25,26). The highest BCUT2D eigenvalue weighted by atomic mass is 16.2. The molecule has 27 heavy (non-hydrogen) atoms. The van der Waals surface area contributed by atoms with Crippen LogP contribution in [0.2, 0.25) is 0 Å². The van der Waals surface area contributed by atoms with E-state index in [0.717, 1.165) is 35.5 Å². The Balaban J connectivity index is 1.69. The van der Waals surface area contributed by atoms with Gasteiger partial charge in [0.05, 0.1) is 11.7 Å². The van der Waals surface area contributed by atoms with Crippen molar-refractivity contribution < 1.29 is 4.79 Å². The number of nitrogens with one attached hydrogen (secondary N) is 3. The summed E-state index contributed by atoms with van der Waals surface area (Å²) in [6, 6.07) is 11.0. The first-order chi connectivity index (χ1) is 13.1. The fourth-order valence-electron chi connectivity index (χ4n) is 2.78. The van der Waals surface area contributed by atoms with Crippen LogP contribution in [-0.4, -0.2) is 26.2 Å². The van der Waals surface area contributed by atoms with E-state index in [-0.39, 0.29) is 12.1 Å². The van der Waals surface area contributed by atoms with Gasteiger partial charge in [-0.3, -0.25) is 10.1 Å². The van der Waals surface area contributed by atoms with Gasteiger partial charge in [0, 0.05) is 23.9 Å². The second kappa shape index (κ2) is 8.44. The summed E-state index contributed by atoms with van der Waals surface area (Å²) < 4.78 is 0. The van der Waals surface area contributed by atoms with Crippen molar-refractivity contribution in [3.63, 3.8) is 0 Å². The molecule has 0 radical (unpaired) electrons. The number of benzene rings is 1. The van der Waals surface area contributed by atoms with Crippen molar-refractivity contribution >= 4 is 11.7 Å². The summed E-state index contributed by atoms with van der Waals surface area (Å²) in [4.78, 5) is 21.2. The van der Waals surface area contributed by atoms with Crippen LogP contribution in [0, 0.1) is 6.92 Å². The quantitative estimate of drug-likeness (QED) is 0.616. The van der Waals surface area contributed by atoms with Crippen LogP contribution in [0.1, 0.15) is 43.4 Å². The van der Waals surface area contributed by atoms with Crippen LogP contribution < -0.4 is 10.6 Å². The summed E-state index contributed by atoms with van der Waals surface area (Å²) in [6.07, 6.45) is 3.30. The third-order valence-electron chi connectivity index (χ3n) is 4.25. The molecule has 0 bridgehead atoms. The van der Waals surface area contributed by atoms with E-state index in [1.165, 1.54) is 0 Å². The summed E-state index contributed by atoms with van der Waals surface area (Å²) in [5.74, 6) is 1.45. The topological polar surface area (TPSA) is 95.6 Å². The summed E-state index contributed by atoms with van der Waals surface area (Å²) in [6.45, 7) is 6.04. The third kappa shape index (κ3) is 4.69. The average Bonchev–Trinajstić information content (AvgIpc) is 3.15. The van der Waals surface area contributed by atoms with E-state index in [1.54, 1.807) is 6.20 Å². The maximum Gasteiger partial charge on any atom is 0.319 e. The molecular weight excluding hydrogens is 340 g/mol. The van der Waals surface area contributed by atoms with E-state index in [0.29, 0.717) is 11.5 Å². The normalized spacial score (nSPS) is 11.8. The van der Waals surface area contributed by atoms with Gasteiger partial charge in [0.2, 0.25) is 0 Å². The Hall–Kier alpha value is -3.22. The molecule has 3 N–H and O–H groups in total. The number of hydrogen-bond donors (Lipinski definition) is 3. The van der Waals surface area contributed by atoms with Gasteiger partial charge in [-0.25, -0.2) is 9.78 Å². The molecule has 0 saturated carbocycles. The molecule has 2 heterocycles. The molecule has 1 unspecified atom stereocenters. The van der Waals surface area contributed by atoms with Crippen molar-refractivity contribution in [2.24, 2.45) is 0 Å². The lowest BCUT2D eigenvalue weighted by Crippen LogP contribution is -2.32. The highest BCUT2D eigenvalue weighted by Gasteiger charge is 2.14. The number of carbonyl (C=O) groups is 1. The van der Waals surface area contributed by atoms with Crippen LogP contribution in [0.5, 0.6) is 0 Å². The predicted octanol–water partition coefficient (Wildman–Crippen LogP) is 4.01. The minimum atomic E-state index is -0.272. The maximum absolute atomic E-state index is 12.5. The van der Waals surface area contributed by atoms with Gasteiger partial charge in [0.25, 0.3) is 0 Å². The Morgan fingerprint density at radius 1 is 1.22 bits per heavy atom. The van der Waals surface area contributed by atoms with Crippen LogP contribution in [0.25, 0.3) is 11.4 Å². The van der Waals surface area contributed by atoms with Crippen molar-refractivity contribution in [3.05, 3.63) is 59.7 Å². The molecule has 0 aliphatic heterocycles. The largest absolute Gasteiger partial charge is 0.330 e. The van der Waals surface area contributed by atoms with E-state index in [9.17, 15) is 4.79 Å². The van der Waals surface area contributed by atoms with Gasteiger partial charge in [0.15, 0.2) is 5.82 Å². The highest BCUT2D eigenvalue weighted by molar-refractivity contribution is 5.90. The summed E-state index contributed by atoms with van der Waals surface area (Å²) in [5.41, 5.74) is 3.50. The maximum atomic E-state index is 12.5. The zero-order valence-electron chi connectivity index (χ0n) is 15.8. The molecule has 7 nitrogen and oxygen atoms in total. The monoisotopic (exact) mass is 364 g/mol. The SMILES string of the molecule is CCc1nc(-c2cccc(NC(=O)NC(CC)c3cc(C)ccn3)c2)n[nH]1. The number of rotatable bonds is 6. The van der Waals surface area contributed by atoms with Gasteiger partial charge < -0.3 is 10.6 Å². The first-order valence-electron chi connectivity index (χ1n) is 9.10. The first kappa shape index (κ1) is 18.6. The lowest BCUT2D eigenvalue weighted by atomic mass is 10.1. The van der Waals surface area contributed by atoms with Crippen LogP contribution in [0.4, 0.5) is 10.5 Å². The number of carbonyl (C=O) groups excluding carboxylic acids is 1. The Kier molecular flexibility index (Phi) is 5.80. The Labute approximate surface area is 158 Å². The number of aromatic nitrogens is 4. The predicted molar refractivity (Wildman–Crippen MR) is 105 cm³/mol. The lowest BCUT2D eigenvalue weighted by molar-refractivity contribution is 0.248. The molecule has 0 fully saturated rings. The van der Waals surface area contributed by atoms with Crippen molar-refractivity contribution in [1.82, 2.24) is 25.5 Å². The smallest absolute Gasteiger partial charge is 0.319 e. The lowest BCUT2D eigenvalue weighted by Gasteiger charge is -2.17. The molecule has 0 spiro atoms. The summed E-state index contributed by atoms with van der Waals surface area (Å²) in [5, 5.41) is 13.0. The Morgan fingerprint density at radius 3 is 2.78 bits per heavy atom. The molecule has 1 aromatic carbocycles. The molecule has 0 aliphatic carbocycles. The number of aryl methyl sites for hydroxylation is 2. The van der Waals surface area contributed by atoms with E-state index < -0.39 is 0 Å². The van der Waals surface area contributed by atoms with E-state index in [2.05, 4.69) is 30.8 Å². The molecule has 2 aromatic heterocycles. The number of amides is 2. The second-order valence-corrected chi connectivity index (χ2v) is 6.36. The zero-order chi connectivity index (χ0) is 19.2. The van der Waals surface area contributed by atoms with Crippen LogP contribution in [0.3, 0.4) is 0 Å². The molecule has 7 heteroatoms. The van der Waals surface area contributed by atoms with Gasteiger partial charge in [-0.15, -0.1) is 0 Å². The van der Waals surface area contributed by atoms with Crippen LogP contribution in [0.15, 0.2) is 42.6 Å². The van der Waals surface area contributed by atoms with Gasteiger partial charge in [-0.05, 0) is 43.2 Å². The van der Waals surface area contributed by atoms with Gasteiger partial charge in [0.1, 0.15) is 5.82 Å². The molecule has 3 rings (SSSR count). The minimum absolute atomic E-state index is 0.145. The fraction of sp³-hybridized carbons (Fsp3) is 0.300. The number of hydrogen-bond acceptors (Lipinski definition) is 4. The number of pyridine rings is 1. The minimum Gasteiger partial charge on any atom is -0.330 e. The molecule has 2 amide bonds. The highest BCUT2D eigenvalue weighted by Crippen LogP contribution is 2.20. The molecule has 0 aliphatic rings. The molecule has 140 valence electrons. The van der Waals surface area contributed by atoms with E-state index in [4.69, 9.17) is 0 Å². The van der Waals surface area contributed by atoms with Crippen molar-refractivity contribution in [3.8, 4) is 11.4 Å². The van der Waals surface area contributed by atoms with Gasteiger partial charge in [-0.2, -0.15) is 5.10 Å². The number of urea groups is 1. The third-order valence-corrected chi connectivity index (χ3v) is 4.25. The van der Waals surface area contributed by atoms with Crippen molar-refractivity contribution in [2.75, 3.05) is 5.32 Å². The van der Waals surface area contributed by atoms with E-state index in [1.807, 2.05) is 57.2 Å². The molecule has 0 saturated heterocycles. The number of aromatic amines is 1. The fourth-order valence-corrected chi connectivity index (χ4v) is 2.78. The van der Waals surface area contributed by atoms with Gasteiger partial charge >= 0.3 is 6.03 Å². The summed E-state index contributed by atoms with van der Waals surface area (Å²) in [7, 11) is 0. The Bertz CT molecular complexity index is 920. The Morgan fingerprint density at radius 2 is 2.07 bits per heavy atom. The van der Waals surface area contributed by atoms with Gasteiger partial charge in [-0.1, -0.05) is 26.0 Å². The zero-order valence-corrected chi connectivity index (χ0v) is 15.8. The average molecular weight is 364 g/mol. The molecule has 3 aromatic rings. The van der Waals surface area contributed by atoms with Crippen LogP contribution >= 0.6 is 0 Å². The van der Waals surface area contributed by atoms with Crippen molar-refractivity contribution in [2.45, 2.75) is 39.7 Å². The molecule has 1 atom stereocenters. The van der Waals surface area contributed by atoms with Crippen LogP contribution in [-0.2, 0) is 6.42 Å². The first-order valence-corrected chi connectivity index (χ1v) is 9.10.